The van der Waals surface area contributed by atoms with E-state index in [0.717, 1.165) is 25.8 Å². The van der Waals surface area contributed by atoms with Crippen LogP contribution in [0.4, 0.5) is 4.79 Å². The highest BCUT2D eigenvalue weighted by atomic mass is 16.2. The van der Waals surface area contributed by atoms with E-state index in [0.29, 0.717) is 18.4 Å². The molecule has 3 atom stereocenters. The first-order chi connectivity index (χ1) is 10.1. The van der Waals surface area contributed by atoms with Crippen molar-refractivity contribution in [3.63, 3.8) is 0 Å². The topological polar surface area (TPSA) is 40.6 Å². The van der Waals surface area contributed by atoms with Gasteiger partial charge in [0, 0.05) is 13.1 Å². The maximum Gasteiger partial charge on any atom is 0.327 e. The van der Waals surface area contributed by atoms with Gasteiger partial charge in [-0.1, -0.05) is 30.3 Å². The van der Waals surface area contributed by atoms with E-state index in [1.807, 2.05) is 25.1 Å². The molecule has 1 aromatic rings. The first-order valence-electron chi connectivity index (χ1n) is 7.80. The molecule has 0 aromatic heterocycles. The Morgan fingerprint density at radius 1 is 1.24 bits per heavy atom. The molecule has 3 fully saturated rings. The average molecular weight is 284 g/mol. The van der Waals surface area contributed by atoms with Gasteiger partial charge in [-0.2, -0.15) is 0 Å². The summed E-state index contributed by atoms with van der Waals surface area (Å²) >= 11 is 0. The fourth-order valence-corrected chi connectivity index (χ4v) is 3.97. The Morgan fingerprint density at radius 2 is 2.00 bits per heavy atom. The van der Waals surface area contributed by atoms with Crippen LogP contribution < -0.4 is 0 Å². The van der Waals surface area contributed by atoms with Crippen LogP contribution in [0.15, 0.2) is 30.3 Å². The van der Waals surface area contributed by atoms with Crippen molar-refractivity contribution in [2.45, 2.75) is 37.6 Å². The number of carbonyl (C=O) groups excluding carboxylic acids is 2. The lowest BCUT2D eigenvalue weighted by atomic mass is 9.99. The Labute approximate surface area is 124 Å². The van der Waals surface area contributed by atoms with E-state index in [4.69, 9.17) is 0 Å². The highest BCUT2D eigenvalue weighted by Gasteiger charge is 2.57. The van der Waals surface area contributed by atoms with E-state index >= 15 is 0 Å². The standard InChI is InChI=1S/C17H20N2O2/c1-17-8-5-9-19(17)16(21)18(15(17)20)11-13-10-14(13)12-6-3-2-4-7-12/h2-4,6-7,13-14H,5,8-11H2,1H3/t13-,14-,17-/m1/s1. The highest BCUT2D eigenvalue weighted by molar-refractivity contribution is 6.07. The van der Waals surface area contributed by atoms with E-state index in [1.54, 1.807) is 4.90 Å². The molecule has 2 heterocycles. The monoisotopic (exact) mass is 284 g/mol. The first-order valence-corrected chi connectivity index (χ1v) is 7.80. The third kappa shape index (κ3) is 1.81. The van der Waals surface area contributed by atoms with E-state index in [9.17, 15) is 9.59 Å². The molecule has 110 valence electrons. The smallest absolute Gasteiger partial charge is 0.310 e. The normalized spacial score (nSPS) is 34.5. The van der Waals surface area contributed by atoms with Crippen LogP contribution in [0.3, 0.4) is 0 Å². The molecule has 21 heavy (non-hydrogen) atoms. The van der Waals surface area contributed by atoms with Gasteiger partial charge in [-0.3, -0.25) is 9.69 Å². The molecule has 0 bridgehead atoms. The number of rotatable bonds is 3. The second kappa shape index (κ2) is 4.33. The molecule has 0 N–H and O–H groups in total. The molecule has 0 radical (unpaired) electrons. The molecule has 4 nitrogen and oxygen atoms in total. The maximum atomic E-state index is 12.6. The molecule has 4 heteroatoms. The summed E-state index contributed by atoms with van der Waals surface area (Å²) in [5.41, 5.74) is 0.766. The molecule has 1 aliphatic carbocycles. The Bertz CT molecular complexity index is 600. The van der Waals surface area contributed by atoms with Crippen molar-refractivity contribution >= 4 is 11.9 Å². The van der Waals surface area contributed by atoms with E-state index in [-0.39, 0.29) is 11.9 Å². The first kappa shape index (κ1) is 12.9. The van der Waals surface area contributed by atoms with Gasteiger partial charge in [-0.05, 0) is 43.6 Å². The summed E-state index contributed by atoms with van der Waals surface area (Å²) in [4.78, 5) is 28.3. The number of carbonyl (C=O) groups is 2. The van der Waals surface area contributed by atoms with Crippen LogP contribution in [-0.2, 0) is 4.79 Å². The van der Waals surface area contributed by atoms with Crippen molar-refractivity contribution in [2.24, 2.45) is 5.92 Å². The molecular weight excluding hydrogens is 264 g/mol. The van der Waals surface area contributed by atoms with Crippen LogP contribution in [-0.4, -0.2) is 40.4 Å². The van der Waals surface area contributed by atoms with Crippen LogP contribution in [0.1, 0.15) is 37.7 Å². The number of nitrogens with zero attached hydrogens (tertiary/aromatic N) is 2. The molecule has 0 spiro atoms. The molecule has 2 aliphatic heterocycles. The van der Waals surface area contributed by atoms with Crippen molar-refractivity contribution in [2.75, 3.05) is 13.1 Å². The number of hydrogen-bond acceptors (Lipinski definition) is 2. The summed E-state index contributed by atoms with van der Waals surface area (Å²) in [6.45, 7) is 3.23. The third-order valence-corrected chi connectivity index (χ3v) is 5.38. The molecule has 3 aliphatic rings. The van der Waals surface area contributed by atoms with E-state index in [2.05, 4.69) is 12.1 Å². The lowest BCUT2D eigenvalue weighted by Crippen LogP contribution is -2.41. The lowest BCUT2D eigenvalue weighted by molar-refractivity contribution is -0.132. The summed E-state index contributed by atoms with van der Waals surface area (Å²) in [6.07, 6.45) is 2.83. The minimum Gasteiger partial charge on any atom is -0.310 e. The maximum absolute atomic E-state index is 12.6. The van der Waals surface area contributed by atoms with E-state index in [1.165, 1.54) is 10.5 Å². The zero-order valence-corrected chi connectivity index (χ0v) is 12.3. The van der Waals surface area contributed by atoms with Gasteiger partial charge in [-0.25, -0.2) is 4.79 Å². The second-order valence-electron chi connectivity index (χ2n) is 6.74. The fraction of sp³-hybridized carbons (Fsp3) is 0.529. The number of benzene rings is 1. The largest absolute Gasteiger partial charge is 0.327 e. The molecule has 1 aromatic carbocycles. The van der Waals surface area contributed by atoms with Crippen molar-refractivity contribution in [1.82, 2.24) is 9.80 Å². The van der Waals surface area contributed by atoms with Crippen LogP contribution >= 0.6 is 0 Å². The van der Waals surface area contributed by atoms with Crippen molar-refractivity contribution in [3.05, 3.63) is 35.9 Å². The lowest BCUT2D eigenvalue weighted by Gasteiger charge is -2.22. The second-order valence-corrected chi connectivity index (χ2v) is 6.74. The Morgan fingerprint density at radius 3 is 2.71 bits per heavy atom. The third-order valence-electron chi connectivity index (χ3n) is 5.38. The van der Waals surface area contributed by atoms with Gasteiger partial charge in [0.2, 0.25) is 0 Å². The number of fused-ring (bicyclic) bond motifs is 1. The summed E-state index contributed by atoms with van der Waals surface area (Å²) in [5.74, 6) is 0.961. The number of imide groups is 1. The molecule has 1 saturated carbocycles. The zero-order valence-electron chi connectivity index (χ0n) is 12.3. The summed E-state index contributed by atoms with van der Waals surface area (Å²) in [6, 6.07) is 10.3. The predicted octanol–water partition coefficient (Wildman–Crippen LogP) is 2.61. The highest BCUT2D eigenvalue weighted by Crippen LogP contribution is 2.49. The van der Waals surface area contributed by atoms with Gasteiger partial charge in [0.25, 0.3) is 5.91 Å². The average Bonchev–Trinajstić information content (AvgIpc) is 3.13. The van der Waals surface area contributed by atoms with Gasteiger partial charge >= 0.3 is 6.03 Å². The quantitative estimate of drug-likeness (QED) is 0.801. The van der Waals surface area contributed by atoms with Gasteiger partial charge < -0.3 is 4.90 Å². The number of amides is 3. The van der Waals surface area contributed by atoms with Crippen molar-refractivity contribution in [1.29, 1.82) is 0 Å². The Kier molecular flexibility index (Phi) is 2.65. The summed E-state index contributed by atoms with van der Waals surface area (Å²) < 4.78 is 0. The van der Waals surface area contributed by atoms with Crippen LogP contribution in [0, 0.1) is 5.92 Å². The zero-order chi connectivity index (χ0) is 14.6. The van der Waals surface area contributed by atoms with Gasteiger partial charge in [0.1, 0.15) is 5.54 Å². The SMILES string of the molecule is C[C@]12CCCN1C(=O)N(C[C@H]1C[C@@H]1c1ccccc1)C2=O. The molecule has 2 saturated heterocycles. The summed E-state index contributed by atoms with van der Waals surface area (Å²) in [5, 5.41) is 0. The molecule has 0 unspecified atom stereocenters. The van der Waals surface area contributed by atoms with Crippen LogP contribution in [0.5, 0.6) is 0 Å². The van der Waals surface area contributed by atoms with Crippen molar-refractivity contribution in [3.8, 4) is 0 Å². The van der Waals surface area contributed by atoms with Crippen LogP contribution in [0.2, 0.25) is 0 Å². The van der Waals surface area contributed by atoms with Gasteiger partial charge in [0.05, 0.1) is 0 Å². The number of urea groups is 1. The predicted molar refractivity (Wildman–Crippen MR) is 78.7 cm³/mol. The van der Waals surface area contributed by atoms with E-state index < -0.39 is 5.54 Å². The minimum atomic E-state index is -0.561. The molecule has 3 amide bonds. The van der Waals surface area contributed by atoms with Crippen LogP contribution in [0.25, 0.3) is 0 Å². The summed E-state index contributed by atoms with van der Waals surface area (Å²) in [7, 11) is 0. The van der Waals surface area contributed by atoms with Crippen molar-refractivity contribution < 1.29 is 9.59 Å². The fourth-order valence-electron chi connectivity index (χ4n) is 3.97. The molecule has 4 rings (SSSR count). The van der Waals surface area contributed by atoms with Gasteiger partial charge in [-0.15, -0.1) is 0 Å². The van der Waals surface area contributed by atoms with Gasteiger partial charge in [0.15, 0.2) is 0 Å². The molecular formula is C17H20N2O2. The Balaban J connectivity index is 1.47. The number of hydrogen-bond donors (Lipinski definition) is 0. The Hall–Kier alpha value is -1.84. The minimum absolute atomic E-state index is 0.0173.